The van der Waals surface area contributed by atoms with Crippen LogP contribution in [0.25, 0.3) is 10.9 Å². The molecule has 2 nitrogen and oxygen atoms in total. The van der Waals surface area contributed by atoms with Gasteiger partial charge in [0.2, 0.25) is 0 Å². The fourth-order valence-corrected chi connectivity index (χ4v) is 1.64. The van der Waals surface area contributed by atoms with Crippen molar-refractivity contribution in [3.05, 3.63) is 36.5 Å². The molecule has 1 atom stereocenters. The molecule has 2 rings (SSSR count). The Morgan fingerprint density at radius 1 is 1.05 bits per heavy atom. The van der Waals surface area contributed by atoms with Crippen LogP contribution in [0.3, 0.4) is 0 Å². The summed E-state index contributed by atoms with van der Waals surface area (Å²) in [5.74, 6) is -1.38. The van der Waals surface area contributed by atoms with Crippen LogP contribution in [-0.4, -0.2) is 17.7 Å². The smallest absolute Gasteiger partial charge is 0.384 e. The number of rotatable bonds is 3. The summed E-state index contributed by atoms with van der Waals surface area (Å²) < 4.78 is 37.2. The van der Waals surface area contributed by atoms with E-state index < -0.39 is 12.1 Å². The van der Waals surface area contributed by atoms with E-state index >= 15 is 0 Å². The van der Waals surface area contributed by atoms with Crippen LogP contribution in [0.15, 0.2) is 36.5 Å². The van der Waals surface area contributed by atoms with Gasteiger partial charge in [-0.05, 0) is 24.3 Å². The Balaban J connectivity index is 0.00000102. The third-order valence-electron chi connectivity index (χ3n) is 2.80. The number of anilines is 1. The monoisotopic (exact) mass is 314 g/mol. The maximum absolute atomic E-state index is 12.4. The van der Waals surface area contributed by atoms with Crippen molar-refractivity contribution in [1.82, 2.24) is 4.98 Å². The Morgan fingerprint density at radius 3 is 2.27 bits per heavy atom. The summed E-state index contributed by atoms with van der Waals surface area (Å²) in [6, 6.07) is 8.96. The molecule has 0 aliphatic heterocycles. The standard InChI is InChI=1S/C13H13F3N2.2C2H6/c1-9(13(14,15)16)8-18-12-6-2-5-11-10(12)4-3-7-17-11;2*1-2/h2-7,9,18H,8H2,1H3;2*1-2H3/t9-;;/m0../s1. The number of hydrogen-bond donors (Lipinski definition) is 1. The normalized spacial score (nSPS) is 11.6. The zero-order valence-corrected chi connectivity index (χ0v) is 13.8. The van der Waals surface area contributed by atoms with Crippen molar-refractivity contribution in [1.29, 1.82) is 0 Å². The first-order valence-corrected chi connectivity index (χ1v) is 7.63. The molecule has 0 bridgehead atoms. The van der Waals surface area contributed by atoms with Crippen LogP contribution in [0.5, 0.6) is 0 Å². The van der Waals surface area contributed by atoms with Gasteiger partial charge in [0.25, 0.3) is 0 Å². The van der Waals surface area contributed by atoms with E-state index in [1.807, 2.05) is 39.8 Å². The molecule has 124 valence electrons. The minimum Gasteiger partial charge on any atom is -0.384 e. The van der Waals surface area contributed by atoms with E-state index in [2.05, 4.69) is 10.3 Å². The Labute approximate surface area is 130 Å². The highest BCUT2D eigenvalue weighted by molar-refractivity contribution is 5.91. The number of nitrogens with zero attached hydrogens (tertiary/aromatic N) is 1. The molecule has 0 saturated carbocycles. The van der Waals surface area contributed by atoms with E-state index in [0.29, 0.717) is 5.69 Å². The van der Waals surface area contributed by atoms with E-state index in [4.69, 9.17) is 0 Å². The van der Waals surface area contributed by atoms with Crippen molar-refractivity contribution in [3.8, 4) is 0 Å². The predicted octanol–water partition coefficient (Wildman–Crippen LogP) is 5.90. The maximum atomic E-state index is 12.4. The third kappa shape index (κ3) is 5.92. The lowest BCUT2D eigenvalue weighted by molar-refractivity contribution is -0.165. The summed E-state index contributed by atoms with van der Waals surface area (Å²) in [5.41, 5.74) is 1.44. The first kappa shape index (κ1) is 20.2. The van der Waals surface area contributed by atoms with Crippen molar-refractivity contribution in [3.63, 3.8) is 0 Å². The molecule has 1 N–H and O–H groups in total. The number of aromatic nitrogens is 1. The molecule has 0 spiro atoms. The molecule has 22 heavy (non-hydrogen) atoms. The second kappa shape index (κ2) is 10.0. The average molecular weight is 314 g/mol. The van der Waals surface area contributed by atoms with Crippen molar-refractivity contribution < 1.29 is 13.2 Å². The molecule has 0 radical (unpaired) electrons. The predicted molar refractivity (Wildman–Crippen MR) is 88.1 cm³/mol. The van der Waals surface area contributed by atoms with Crippen LogP contribution in [0.1, 0.15) is 34.6 Å². The second-order valence-corrected chi connectivity index (χ2v) is 4.20. The first-order valence-electron chi connectivity index (χ1n) is 7.63. The maximum Gasteiger partial charge on any atom is 0.393 e. The highest BCUT2D eigenvalue weighted by Crippen LogP contribution is 2.27. The van der Waals surface area contributed by atoms with Gasteiger partial charge in [0.15, 0.2) is 0 Å². The SMILES string of the molecule is CC.CC.C[C@@H](CNc1cccc2ncccc12)C(F)(F)F. The van der Waals surface area contributed by atoms with E-state index in [9.17, 15) is 13.2 Å². The molecule has 0 aliphatic carbocycles. The number of pyridine rings is 1. The minimum atomic E-state index is -4.17. The number of benzene rings is 1. The van der Waals surface area contributed by atoms with Gasteiger partial charge in [-0.15, -0.1) is 0 Å². The van der Waals surface area contributed by atoms with E-state index in [1.165, 1.54) is 0 Å². The first-order chi connectivity index (χ1) is 10.5. The number of halogens is 3. The molecule has 0 aliphatic rings. The van der Waals surface area contributed by atoms with Gasteiger partial charge in [0, 0.05) is 23.8 Å². The van der Waals surface area contributed by atoms with Crippen LogP contribution in [-0.2, 0) is 0 Å². The molecule has 0 amide bonds. The van der Waals surface area contributed by atoms with Gasteiger partial charge < -0.3 is 5.32 Å². The summed E-state index contributed by atoms with van der Waals surface area (Å²) in [6.07, 6.45) is -2.51. The van der Waals surface area contributed by atoms with Crippen molar-refractivity contribution in [2.75, 3.05) is 11.9 Å². The zero-order valence-electron chi connectivity index (χ0n) is 13.8. The van der Waals surface area contributed by atoms with Crippen LogP contribution in [0, 0.1) is 5.92 Å². The molecule has 0 fully saturated rings. The highest BCUT2D eigenvalue weighted by atomic mass is 19.4. The van der Waals surface area contributed by atoms with Gasteiger partial charge in [-0.1, -0.05) is 40.7 Å². The fourth-order valence-electron chi connectivity index (χ4n) is 1.64. The summed E-state index contributed by atoms with van der Waals surface area (Å²) in [5, 5.41) is 3.66. The zero-order chi connectivity index (χ0) is 17.2. The van der Waals surface area contributed by atoms with E-state index in [-0.39, 0.29) is 6.54 Å². The minimum absolute atomic E-state index is 0.141. The summed E-state index contributed by atoms with van der Waals surface area (Å²) in [7, 11) is 0. The molecule has 0 unspecified atom stereocenters. The van der Waals surface area contributed by atoms with E-state index in [1.54, 1.807) is 24.4 Å². The van der Waals surface area contributed by atoms with Gasteiger partial charge in [-0.25, -0.2) is 0 Å². The lowest BCUT2D eigenvalue weighted by Crippen LogP contribution is -2.26. The largest absolute Gasteiger partial charge is 0.393 e. The Kier molecular flexibility index (Phi) is 9.22. The van der Waals surface area contributed by atoms with Crippen LogP contribution in [0.2, 0.25) is 0 Å². The molecule has 1 aromatic carbocycles. The van der Waals surface area contributed by atoms with Crippen molar-refractivity contribution in [2.45, 2.75) is 40.8 Å². The van der Waals surface area contributed by atoms with Gasteiger partial charge in [0.1, 0.15) is 0 Å². The topological polar surface area (TPSA) is 24.9 Å². The van der Waals surface area contributed by atoms with Crippen molar-refractivity contribution >= 4 is 16.6 Å². The van der Waals surface area contributed by atoms with Gasteiger partial charge in [-0.3, -0.25) is 4.98 Å². The van der Waals surface area contributed by atoms with Crippen LogP contribution >= 0.6 is 0 Å². The average Bonchev–Trinajstić information content (AvgIpc) is 2.55. The van der Waals surface area contributed by atoms with Crippen molar-refractivity contribution in [2.24, 2.45) is 5.92 Å². The molecule has 1 aromatic heterocycles. The Morgan fingerprint density at radius 2 is 1.68 bits per heavy atom. The van der Waals surface area contributed by atoms with Crippen LogP contribution < -0.4 is 5.32 Å². The lowest BCUT2D eigenvalue weighted by atomic mass is 10.1. The fraction of sp³-hybridized carbons (Fsp3) is 0.471. The Bertz CT molecular complexity index is 533. The quantitative estimate of drug-likeness (QED) is 0.763. The number of fused-ring (bicyclic) bond motifs is 1. The van der Waals surface area contributed by atoms with Gasteiger partial charge in [-0.2, -0.15) is 13.2 Å². The van der Waals surface area contributed by atoms with Gasteiger partial charge in [0.05, 0.1) is 11.4 Å². The highest BCUT2D eigenvalue weighted by Gasteiger charge is 2.35. The lowest BCUT2D eigenvalue weighted by Gasteiger charge is -2.17. The summed E-state index contributed by atoms with van der Waals surface area (Å²) in [4.78, 5) is 4.16. The molecule has 1 heterocycles. The molecule has 5 heteroatoms. The van der Waals surface area contributed by atoms with E-state index in [0.717, 1.165) is 17.8 Å². The van der Waals surface area contributed by atoms with Gasteiger partial charge >= 0.3 is 6.18 Å². The number of hydrogen-bond acceptors (Lipinski definition) is 2. The Hall–Kier alpha value is -1.78. The molecular weight excluding hydrogens is 289 g/mol. The molecule has 2 aromatic rings. The summed E-state index contributed by atoms with van der Waals surface area (Å²) in [6.45, 7) is 9.02. The number of alkyl halides is 3. The molecular formula is C17H25F3N2. The summed E-state index contributed by atoms with van der Waals surface area (Å²) >= 11 is 0. The third-order valence-corrected chi connectivity index (χ3v) is 2.80. The van der Waals surface area contributed by atoms with Crippen LogP contribution in [0.4, 0.5) is 18.9 Å². The molecule has 0 saturated heterocycles. The second-order valence-electron chi connectivity index (χ2n) is 4.20. The number of nitrogens with one attached hydrogen (secondary N) is 1.